The Morgan fingerprint density at radius 2 is 2.38 bits per heavy atom. The van der Waals surface area contributed by atoms with Crippen LogP contribution >= 0.6 is 23.1 Å². The summed E-state index contributed by atoms with van der Waals surface area (Å²) in [4.78, 5) is 13.2. The van der Waals surface area contributed by atoms with Crippen molar-refractivity contribution in [2.75, 3.05) is 20.7 Å². The molecule has 0 aromatic carbocycles. The number of hydrogen-bond acceptors (Lipinski definition) is 6. The number of rotatable bonds is 5. The van der Waals surface area contributed by atoms with Crippen molar-refractivity contribution >= 4 is 29.1 Å². The van der Waals surface area contributed by atoms with Crippen LogP contribution < -0.4 is 0 Å². The molecule has 5 nitrogen and oxygen atoms in total. The fraction of sp³-hybridized carbons (Fsp3) is 0.667. The van der Waals surface area contributed by atoms with Gasteiger partial charge in [0.15, 0.2) is 0 Å². The van der Waals surface area contributed by atoms with Crippen molar-refractivity contribution in [3.05, 3.63) is 10.0 Å². The van der Waals surface area contributed by atoms with Crippen LogP contribution in [0.4, 0.5) is 0 Å². The molecule has 0 saturated carbocycles. The first-order valence-electron chi connectivity index (χ1n) is 4.77. The number of halogens is 1. The first kappa shape index (κ1) is 13.3. The first-order chi connectivity index (χ1) is 7.54. The Hall–Kier alpha value is -0.720. The van der Waals surface area contributed by atoms with Crippen molar-refractivity contribution in [1.29, 1.82) is 0 Å². The molecule has 7 heteroatoms. The van der Waals surface area contributed by atoms with Gasteiger partial charge in [0.1, 0.15) is 10.0 Å². The van der Waals surface area contributed by atoms with E-state index in [1.54, 1.807) is 0 Å². The van der Waals surface area contributed by atoms with Crippen LogP contribution in [0.5, 0.6) is 0 Å². The minimum absolute atomic E-state index is 0.166. The van der Waals surface area contributed by atoms with Crippen LogP contribution in [-0.2, 0) is 16.1 Å². The van der Waals surface area contributed by atoms with Gasteiger partial charge in [0, 0.05) is 24.6 Å². The second-order valence-electron chi connectivity index (χ2n) is 3.61. The molecule has 0 fully saturated rings. The largest absolute Gasteiger partial charge is 0.469 e. The Bertz CT molecular complexity index is 358. The summed E-state index contributed by atoms with van der Waals surface area (Å²) >= 11 is 7.05. The van der Waals surface area contributed by atoms with Crippen molar-refractivity contribution < 1.29 is 9.53 Å². The molecular formula is C9H14ClN3O2S. The molecule has 1 rings (SSSR count). The van der Waals surface area contributed by atoms with Gasteiger partial charge in [0.05, 0.1) is 13.0 Å². The van der Waals surface area contributed by atoms with Crippen molar-refractivity contribution in [2.45, 2.75) is 13.5 Å². The Morgan fingerprint density at radius 3 is 2.88 bits per heavy atom. The predicted molar refractivity (Wildman–Crippen MR) is 62.4 cm³/mol. The van der Waals surface area contributed by atoms with E-state index < -0.39 is 0 Å². The lowest BCUT2D eigenvalue weighted by Crippen LogP contribution is -2.29. The number of carbonyl (C=O) groups excluding carboxylic acids is 1. The molecule has 1 unspecified atom stereocenters. The number of nitrogens with zero attached hydrogens (tertiary/aromatic N) is 3. The molecule has 0 saturated heterocycles. The summed E-state index contributed by atoms with van der Waals surface area (Å²) in [7, 11) is 3.29. The van der Waals surface area contributed by atoms with E-state index in [9.17, 15) is 4.79 Å². The summed E-state index contributed by atoms with van der Waals surface area (Å²) in [6.45, 7) is 3.00. The van der Waals surface area contributed by atoms with E-state index in [0.29, 0.717) is 17.4 Å². The van der Waals surface area contributed by atoms with E-state index in [-0.39, 0.29) is 11.9 Å². The van der Waals surface area contributed by atoms with Crippen LogP contribution in [0.1, 0.15) is 12.6 Å². The fourth-order valence-electron chi connectivity index (χ4n) is 1.35. The average molecular weight is 264 g/mol. The fourth-order valence-corrected chi connectivity index (χ4v) is 1.97. The molecule has 1 aromatic heterocycles. The molecule has 90 valence electrons. The third-order valence-corrected chi connectivity index (χ3v) is 3.10. The van der Waals surface area contributed by atoms with Gasteiger partial charge in [0.2, 0.25) is 0 Å². The number of ether oxygens (including phenoxy) is 1. The summed E-state index contributed by atoms with van der Waals surface area (Å²) in [6, 6.07) is 0. The predicted octanol–water partition coefficient (Wildman–Crippen LogP) is 1.43. The lowest BCUT2D eigenvalue weighted by Gasteiger charge is -2.18. The monoisotopic (exact) mass is 263 g/mol. The van der Waals surface area contributed by atoms with E-state index in [1.807, 2.05) is 18.9 Å². The van der Waals surface area contributed by atoms with Gasteiger partial charge in [-0.1, -0.05) is 23.0 Å². The highest BCUT2D eigenvalue weighted by Gasteiger charge is 2.17. The van der Waals surface area contributed by atoms with Crippen LogP contribution in [0.2, 0.25) is 4.34 Å². The van der Waals surface area contributed by atoms with Crippen molar-refractivity contribution in [2.24, 2.45) is 5.92 Å². The highest BCUT2D eigenvalue weighted by molar-refractivity contribution is 7.10. The van der Waals surface area contributed by atoms with Crippen LogP contribution in [0.15, 0.2) is 0 Å². The van der Waals surface area contributed by atoms with Crippen LogP contribution in [0.3, 0.4) is 0 Å². The maximum Gasteiger partial charge on any atom is 0.309 e. The maximum atomic E-state index is 11.2. The summed E-state index contributed by atoms with van der Waals surface area (Å²) < 4.78 is 9.00. The number of methoxy groups -OCH3 is 1. The minimum atomic E-state index is -0.214. The number of carbonyl (C=O) groups is 1. The van der Waals surface area contributed by atoms with Crippen LogP contribution in [-0.4, -0.2) is 41.2 Å². The highest BCUT2D eigenvalue weighted by Crippen LogP contribution is 2.18. The van der Waals surface area contributed by atoms with Gasteiger partial charge in [-0.3, -0.25) is 9.69 Å². The number of esters is 1. The topological polar surface area (TPSA) is 55.3 Å². The molecule has 16 heavy (non-hydrogen) atoms. The van der Waals surface area contributed by atoms with Crippen molar-refractivity contribution in [1.82, 2.24) is 14.5 Å². The zero-order valence-electron chi connectivity index (χ0n) is 9.44. The van der Waals surface area contributed by atoms with Gasteiger partial charge in [-0.25, -0.2) is 0 Å². The quantitative estimate of drug-likeness (QED) is 0.753. The lowest BCUT2D eigenvalue weighted by molar-refractivity contribution is -0.145. The molecular weight excluding hydrogens is 250 g/mol. The summed E-state index contributed by atoms with van der Waals surface area (Å²) in [6.07, 6.45) is 0. The second kappa shape index (κ2) is 6.12. The van der Waals surface area contributed by atoms with Gasteiger partial charge < -0.3 is 4.74 Å². The first-order valence-corrected chi connectivity index (χ1v) is 5.92. The van der Waals surface area contributed by atoms with E-state index >= 15 is 0 Å². The SMILES string of the molecule is COC(=O)C(C)CN(C)Cc1nnsc1Cl. The smallest absolute Gasteiger partial charge is 0.309 e. The average Bonchev–Trinajstić information content (AvgIpc) is 2.63. The molecule has 0 aliphatic rings. The number of aromatic nitrogens is 2. The molecule has 0 spiro atoms. The van der Waals surface area contributed by atoms with Gasteiger partial charge in [-0.05, 0) is 7.05 Å². The van der Waals surface area contributed by atoms with E-state index in [2.05, 4.69) is 14.3 Å². The second-order valence-corrected chi connectivity index (χ2v) is 4.97. The van der Waals surface area contributed by atoms with Gasteiger partial charge in [-0.15, -0.1) is 5.10 Å². The van der Waals surface area contributed by atoms with E-state index in [1.165, 1.54) is 7.11 Å². The van der Waals surface area contributed by atoms with Crippen molar-refractivity contribution in [3.8, 4) is 0 Å². The molecule has 0 N–H and O–H groups in total. The maximum absolute atomic E-state index is 11.2. The molecule has 1 atom stereocenters. The normalized spacial score (nSPS) is 12.8. The number of hydrogen-bond donors (Lipinski definition) is 0. The molecule has 0 radical (unpaired) electrons. The Morgan fingerprint density at radius 1 is 1.69 bits per heavy atom. The van der Waals surface area contributed by atoms with Crippen LogP contribution in [0, 0.1) is 5.92 Å². The van der Waals surface area contributed by atoms with Crippen molar-refractivity contribution in [3.63, 3.8) is 0 Å². The minimum Gasteiger partial charge on any atom is -0.469 e. The van der Waals surface area contributed by atoms with E-state index in [4.69, 9.17) is 11.6 Å². The Balaban J connectivity index is 2.45. The Kier molecular flexibility index (Phi) is 5.11. The zero-order valence-corrected chi connectivity index (χ0v) is 11.0. The van der Waals surface area contributed by atoms with Gasteiger partial charge in [-0.2, -0.15) is 0 Å². The molecule has 0 bridgehead atoms. The summed E-state index contributed by atoms with van der Waals surface area (Å²) in [5, 5.41) is 3.91. The van der Waals surface area contributed by atoms with E-state index in [0.717, 1.165) is 17.2 Å². The van der Waals surface area contributed by atoms with Gasteiger partial charge in [0.25, 0.3) is 0 Å². The van der Waals surface area contributed by atoms with Gasteiger partial charge >= 0.3 is 5.97 Å². The third kappa shape index (κ3) is 3.70. The lowest BCUT2D eigenvalue weighted by atomic mass is 10.2. The molecule has 0 aliphatic heterocycles. The highest BCUT2D eigenvalue weighted by atomic mass is 35.5. The third-order valence-electron chi connectivity index (χ3n) is 2.12. The summed E-state index contributed by atoms with van der Waals surface area (Å²) in [5.74, 6) is -0.380. The summed E-state index contributed by atoms with van der Waals surface area (Å²) in [5.41, 5.74) is 0.742. The molecule has 0 aliphatic carbocycles. The zero-order chi connectivity index (χ0) is 12.1. The standard InChI is InChI=1S/C9H14ClN3O2S/c1-6(9(14)15-3)4-13(2)5-7-8(10)16-12-11-7/h6H,4-5H2,1-3H3. The molecule has 1 aromatic rings. The van der Waals surface area contributed by atoms with Crippen LogP contribution in [0.25, 0.3) is 0 Å². The molecule has 0 amide bonds. The Labute approximate surface area is 104 Å². The molecule has 1 heterocycles.